The van der Waals surface area contributed by atoms with Crippen LogP contribution in [0.15, 0.2) is 42.2 Å². The van der Waals surface area contributed by atoms with E-state index in [2.05, 4.69) is 14.9 Å². The van der Waals surface area contributed by atoms with Crippen molar-refractivity contribution in [3.63, 3.8) is 0 Å². The molecule has 3 heterocycles. The van der Waals surface area contributed by atoms with Gasteiger partial charge in [0.25, 0.3) is 5.79 Å². The van der Waals surface area contributed by atoms with Crippen LogP contribution in [-0.4, -0.2) is 27.3 Å². The fourth-order valence-electron chi connectivity index (χ4n) is 3.19. The third-order valence-corrected chi connectivity index (χ3v) is 4.38. The highest BCUT2D eigenvalue weighted by Gasteiger charge is 2.38. The number of fused-ring (bicyclic) bond motifs is 1. The van der Waals surface area contributed by atoms with Gasteiger partial charge in [-0.3, -0.25) is 0 Å². The zero-order valence-corrected chi connectivity index (χ0v) is 14.6. The van der Waals surface area contributed by atoms with E-state index >= 15 is 0 Å². The summed E-state index contributed by atoms with van der Waals surface area (Å²) in [6.45, 7) is 4.00. The molecule has 26 heavy (non-hydrogen) atoms. The Hall–Kier alpha value is -3.09. The van der Waals surface area contributed by atoms with E-state index in [0.29, 0.717) is 0 Å². The summed E-state index contributed by atoms with van der Waals surface area (Å²) in [7, 11) is 0. The predicted octanol–water partition coefficient (Wildman–Crippen LogP) is 2.63. The summed E-state index contributed by atoms with van der Waals surface area (Å²) in [4.78, 5) is 28.4. The number of nitrogens with one attached hydrogen (secondary N) is 1. The van der Waals surface area contributed by atoms with Crippen LogP contribution in [0.4, 0.5) is 5.69 Å². The van der Waals surface area contributed by atoms with Gasteiger partial charge in [0.2, 0.25) is 0 Å². The maximum absolute atomic E-state index is 12.0. The molecule has 2 aliphatic heterocycles. The lowest BCUT2D eigenvalue weighted by molar-refractivity contribution is -0.222. The molecule has 0 aliphatic carbocycles. The molecule has 0 saturated carbocycles. The first-order valence-corrected chi connectivity index (χ1v) is 8.51. The van der Waals surface area contributed by atoms with Gasteiger partial charge in [0, 0.05) is 44.3 Å². The molecule has 0 spiro atoms. The number of imidazole rings is 1. The minimum absolute atomic E-state index is 0.167. The average Bonchev–Trinajstić information content (AvgIpc) is 3.16. The number of cyclic esters (lactones) is 2. The van der Waals surface area contributed by atoms with Crippen molar-refractivity contribution in [1.82, 2.24) is 9.55 Å². The second-order valence-corrected chi connectivity index (χ2v) is 6.78. The quantitative estimate of drug-likeness (QED) is 0.519. The van der Waals surface area contributed by atoms with Crippen molar-refractivity contribution >= 4 is 17.6 Å². The highest BCUT2D eigenvalue weighted by atomic mass is 16.7. The van der Waals surface area contributed by atoms with Crippen LogP contribution in [-0.2, 0) is 32.0 Å². The molecule has 2 aromatic rings. The number of carbonyl (C=O) groups excluding carboxylic acids is 2. The van der Waals surface area contributed by atoms with Crippen LogP contribution in [0.1, 0.15) is 26.1 Å². The number of carbonyl (C=O) groups is 2. The molecule has 0 atom stereocenters. The van der Waals surface area contributed by atoms with E-state index in [1.54, 1.807) is 0 Å². The van der Waals surface area contributed by atoms with Crippen molar-refractivity contribution < 1.29 is 19.1 Å². The Labute approximate surface area is 150 Å². The monoisotopic (exact) mass is 353 g/mol. The topological polar surface area (TPSA) is 82.5 Å². The highest BCUT2D eigenvalue weighted by Crippen LogP contribution is 2.28. The lowest BCUT2D eigenvalue weighted by atomic mass is 10.1. The van der Waals surface area contributed by atoms with Crippen molar-refractivity contribution in [3.05, 3.63) is 48.1 Å². The van der Waals surface area contributed by atoms with Gasteiger partial charge in [-0.25, -0.2) is 14.6 Å². The minimum atomic E-state index is -1.24. The van der Waals surface area contributed by atoms with Crippen LogP contribution in [0.3, 0.4) is 0 Å². The number of nitrogens with zero attached hydrogens (tertiary/aromatic N) is 2. The number of benzene rings is 1. The largest absolute Gasteiger partial charge is 0.419 e. The van der Waals surface area contributed by atoms with Crippen LogP contribution in [0, 0.1) is 0 Å². The maximum Gasteiger partial charge on any atom is 0.350 e. The fourth-order valence-corrected chi connectivity index (χ4v) is 3.19. The first-order valence-electron chi connectivity index (χ1n) is 8.51. The normalized spacial score (nSPS) is 18.2. The van der Waals surface area contributed by atoms with Gasteiger partial charge in [-0.15, -0.1) is 0 Å². The number of aryl methyl sites for hydroxylation is 1. The van der Waals surface area contributed by atoms with Crippen LogP contribution in [0.2, 0.25) is 0 Å². The van der Waals surface area contributed by atoms with E-state index in [9.17, 15) is 9.59 Å². The van der Waals surface area contributed by atoms with Gasteiger partial charge in [-0.1, -0.05) is 12.1 Å². The Morgan fingerprint density at radius 3 is 2.77 bits per heavy atom. The maximum atomic E-state index is 12.0. The molecule has 1 aromatic carbocycles. The molecule has 2 aliphatic rings. The van der Waals surface area contributed by atoms with Crippen LogP contribution < -0.4 is 5.32 Å². The molecule has 1 aromatic heterocycles. The Morgan fingerprint density at radius 2 is 2.00 bits per heavy atom. The molecule has 7 nitrogen and oxygen atoms in total. The van der Waals surface area contributed by atoms with Crippen molar-refractivity contribution in [1.29, 1.82) is 0 Å². The molecule has 1 fully saturated rings. The third kappa shape index (κ3) is 2.96. The van der Waals surface area contributed by atoms with Gasteiger partial charge in [-0.2, -0.15) is 0 Å². The smallest absolute Gasteiger partial charge is 0.350 e. The molecule has 4 rings (SSSR count). The van der Waals surface area contributed by atoms with Gasteiger partial charge in [0.15, 0.2) is 5.57 Å². The number of hydrogen-bond donors (Lipinski definition) is 1. The Morgan fingerprint density at radius 1 is 1.23 bits per heavy atom. The first kappa shape index (κ1) is 16.4. The highest BCUT2D eigenvalue weighted by molar-refractivity contribution is 6.15. The molecule has 1 saturated heterocycles. The van der Waals surface area contributed by atoms with Crippen LogP contribution in [0.5, 0.6) is 0 Å². The number of esters is 2. The molecule has 0 amide bonds. The van der Waals surface area contributed by atoms with E-state index in [1.165, 1.54) is 20.0 Å². The summed E-state index contributed by atoms with van der Waals surface area (Å²) in [5.41, 5.74) is 2.66. The number of hydrogen-bond acceptors (Lipinski definition) is 6. The van der Waals surface area contributed by atoms with Gasteiger partial charge in [0.1, 0.15) is 5.82 Å². The molecule has 0 unspecified atom stereocenters. The number of aromatic nitrogens is 2. The summed E-state index contributed by atoms with van der Waals surface area (Å²) < 4.78 is 12.4. The van der Waals surface area contributed by atoms with Crippen LogP contribution in [0.25, 0.3) is 11.3 Å². The summed E-state index contributed by atoms with van der Waals surface area (Å²) >= 11 is 0. The SMILES string of the molecule is CC1(C)OC(=O)C(=CNc2cccc(-c3cnc4n3CCC4)c2)C(=O)O1. The number of rotatable bonds is 3. The Kier molecular flexibility index (Phi) is 3.79. The molecular weight excluding hydrogens is 334 g/mol. The molecule has 0 radical (unpaired) electrons. The Balaban J connectivity index is 1.56. The van der Waals surface area contributed by atoms with Crippen molar-refractivity contribution in [2.24, 2.45) is 0 Å². The molecule has 134 valence electrons. The molecule has 1 N–H and O–H groups in total. The summed E-state index contributed by atoms with van der Waals surface area (Å²) in [5.74, 6) is -1.55. The second kappa shape index (κ2) is 6.01. The lowest BCUT2D eigenvalue weighted by Gasteiger charge is -2.29. The van der Waals surface area contributed by atoms with E-state index in [-0.39, 0.29) is 5.57 Å². The van der Waals surface area contributed by atoms with Crippen molar-refractivity contribution in [3.8, 4) is 11.3 Å². The number of anilines is 1. The zero-order valence-electron chi connectivity index (χ0n) is 14.6. The van der Waals surface area contributed by atoms with Gasteiger partial charge in [-0.05, 0) is 18.6 Å². The van der Waals surface area contributed by atoms with Crippen molar-refractivity contribution in [2.45, 2.75) is 39.0 Å². The van der Waals surface area contributed by atoms with Crippen LogP contribution >= 0.6 is 0 Å². The van der Waals surface area contributed by atoms with E-state index < -0.39 is 17.7 Å². The lowest BCUT2D eigenvalue weighted by Crippen LogP contribution is -2.42. The van der Waals surface area contributed by atoms with E-state index in [1.807, 2.05) is 30.5 Å². The molecular formula is C19H19N3O4. The second-order valence-electron chi connectivity index (χ2n) is 6.78. The standard InChI is InChI=1S/C19H19N3O4/c1-19(2)25-17(23)14(18(24)26-19)10-20-13-6-3-5-12(9-13)15-11-21-16-7-4-8-22(15)16/h3,5-6,9-11,20H,4,7-8H2,1-2H3. The summed E-state index contributed by atoms with van der Waals surface area (Å²) in [6.07, 6.45) is 5.31. The summed E-state index contributed by atoms with van der Waals surface area (Å²) in [6, 6.07) is 7.71. The first-order chi connectivity index (χ1) is 12.4. The zero-order chi connectivity index (χ0) is 18.3. The average molecular weight is 353 g/mol. The number of ether oxygens (including phenoxy) is 2. The molecule has 7 heteroatoms. The predicted molar refractivity (Wildman–Crippen MR) is 94.0 cm³/mol. The van der Waals surface area contributed by atoms with Gasteiger partial charge < -0.3 is 19.4 Å². The Bertz CT molecular complexity index is 905. The fraction of sp³-hybridized carbons (Fsp3) is 0.316. The minimum Gasteiger partial charge on any atom is -0.419 e. The van der Waals surface area contributed by atoms with E-state index in [0.717, 1.165) is 42.2 Å². The summed E-state index contributed by atoms with van der Waals surface area (Å²) in [5, 5.41) is 2.98. The van der Waals surface area contributed by atoms with Gasteiger partial charge in [0.05, 0.1) is 11.9 Å². The van der Waals surface area contributed by atoms with E-state index in [4.69, 9.17) is 9.47 Å². The molecule has 0 bridgehead atoms. The van der Waals surface area contributed by atoms with Crippen molar-refractivity contribution in [2.75, 3.05) is 5.32 Å². The third-order valence-electron chi connectivity index (χ3n) is 4.38. The van der Waals surface area contributed by atoms with Gasteiger partial charge >= 0.3 is 11.9 Å².